The molecule has 0 amide bonds. The Balaban J connectivity index is 3.25. The lowest BCUT2D eigenvalue weighted by Gasteiger charge is -2.19. The Bertz CT molecular complexity index is 96.1. The van der Waals surface area contributed by atoms with Gasteiger partial charge in [0.25, 0.3) is 0 Å². The van der Waals surface area contributed by atoms with E-state index in [0.29, 0.717) is 0 Å². The summed E-state index contributed by atoms with van der Waals surface area (Å²) >= 11 is 0. The van der Waals surface area contributed by atoms with E-state index in [9.17, 15) is 0 Å². The van der Waals surface area contributed by atoms with Gasteiger partial charge in [0.15, 0.2) is 0 Å². The van der Waals surface area contributed by atoms with Crippen molar-refractivity contribution >= 4 is 0 Å². The van der Waals surface area contributed by atoms with Crippen molar-refractivity contribution < 1.29 is 4.74 Å². The molecule has 0 N–H and O–H groups in total. The number of rotatable bonds is 9. The molecule has 0 radical (unpaired) electrons. The molecular formula is C11H25NO. The molecule has 0 rings (SSSR count). The molecular weight excluding hydrogens is 162 g/mol. The summed E-state index contributed by atoms with van der Waals surface area (Å²) < 4.78 is 5.02. The monoisotopic (exact) mass is 187 g/mol. The van der Waals surface area contributed by atoms with Gasteiger partial charge in [-0.05, 0) is 38.9 Å². The van der Waals surface area contributed by atoms with Crippen LogP contribution in [0.3, 0.4) is 0 Å². The first kappa shape index (κ1) is 12.9. The summed E-state index contributed by atoms with van der Waals surface area (Å²) in [6, 6.07) is 0. The van der Waals surface area contributed by atoms with Crippen molar-refractivity contribution in [2.24, 2.45) is 0 Å². The molecule has 0 aliphatic carbocycles. The first-order valence-electron chi connectivity index (χ1n) is 5.56. The molecule has 2 heteroatoms. The highest BCUT2D eigenvalue weighted by Crippen LogP contribution is 1.98. The summed E-state index contributed by atoms with van der Waals surface area (Å²) in [7, 11) is 1.77. The van der Waals surface area contributed by atoms with E-state index in [1.807, 2.05) is 0 Å². The summed E-state index contributed by atoms with van der Waals surface area (Å²) in [5.41, 5.74) is 0. The molecule has 0 aliphatic heterocycles. The molecule has 13 heavy (non-hydrogen) atoms. The summed E-state index contributed by atoms with van der Waals surface area (Å²) in [5, 5.41) is 0. The summed E-state index contributed by atoms with van der Waals surface area (Å²) in [6.07, 6.45) is 5.09. The van der Waals surface area contributed by atoms with Crippen LogP contribution in [0, 0.1) is 0 Å². The van der Waals surface area contributed by atoms with Crippen molar-refractivity contribution in [3.63, 3.8) is 0 Å². The largest absolute Gasteiger partial charge is 0.385 e. The van der Waals surface area contributed by atoms with Crippen LogP contribution in [0.15, 0.2) is 0 Å². The fourth-order valence-electron chi connectivity index (χ4n) is 1.39. The van der Waals surface area contributed by atoms with Gasteiger partial charge >= 0.3 is 0 Å². The zero-order valence-electron chi connectivity index (χ0n) is 9.51. The highest BCUT2D eigenvalue weighted by atomic mass is 16.5. The second-order valence-corrected chi connectivity index (χ2v) is 3.49. The number of hydrogen-bond donors (Lipinski definition) is 0. The lowest BCUT2D eigenvalue weighted by molar-refractivity contribution is 0.184. The molecule has 0 aliphatic rings. The normalized spacial score (nSPS) is 11.1. The van der Waals surface area contributed by atoms with Crippen LogP contribution in [0.1, 0.15) is 39.5 Å². The number of nitrogens with zero attached hydrogens (tertiary/aromatic N) is 1. The van der Waals surface area contributed by atoms with Gasteiger partial charge in [0.2, 0.25) is 0 Å². The fraction of sp³-hybridized carbons (Fsp3) is 1.00. The van der Waals surface area contributed by atoms with E-state index in [2.05, 4.69) is 18.7 Å². The Kier molecular flexibility index (Phi) is 9.94. The molecule has 2 nitrogen and oxygen atoms in total. The van der Waals surface area contributed by atoms with Crippen LogP contribution >= 0.6 is 0 Å². The van der Waals surface area contributed by atoms with E-state index in [0.717, 1.165) is 6.61 Å². The molecule has 0 saturated carbocycles. The zero-order chi connectivity index (χ0) is 9.94. The maximum atomic E-state index is 5.02. The van der Waals surface area contributed by atoms with Crippen molar-refractivity contribution in [3.8, 4) is 0 Å². The second kappa shape index (κ2) is 10.0. The van der Waals surface area contributed by atoms with Crippen LogP contribution in [0.2, 0.25) is 0 Å². The van der Waals surface area contributed by atoms with Gasteiger partial charge in [0.1, 0.15) is 0 Å². The zero-order valence-corrected chi connectivity index (χ0v) is 9.51. The Hall–Kier alpha value is -0.0800. The molecule has 0 aromatic rings. The van der Waals surface area contributed by atoms with Crippen LogP contribution in [0.25, 0.3) is 0 Å². The summed E-state index contributed by atoms with van der Waals surface area (Å²) in [4.78, 5) is 2.53. The first-order chi connectivity index (χ1) is 6.35. The molecule has 0 saturated heterocycles. The van der Waals surface area contributed by atoms with Gasteiger partial charge in [-0.3, -0.25) is 0 Å². The highest BCUT2D eigenvalue weighted by Gasteiger charge is 1.99. The maximum absolute atomic E-state index is 5.02. The van der Waals surface area contributed by atoms with Crippen LogP contribution < -0.4 is 0 Å². The molecule has 80 valence electrons. The van der Waals surface area contributed by atoms with E-state index in [1.54, 1.807) is 7.11 Å². The fourth-order valence-corrected chi connectivity index (χ4v) is 1.39. The predicted octanol–water partition coefficient (Wildman–Crippen LogP) is 2.54. The van der Waals surface area contributed by atoms with Crippen molar-refractivity contribution in [2.75, 3.05) is 33.4 Å². The average Bonchev–Trinajstić information content (AvgIpc) is 2.17. The first-order valence-corrected chi connectivity index (χ1v) is 5.56. The van der Waals surface area contributed by atoms with E-state index in [-0.39, 0.29) is 0 Å². The third kappa shape index (κ3) is 8.26. The van der Waals surface area contributed by atoms with E-state index in [1.165, 1.54) is 45.3 Å². The van der Waals surface area contributed by atoms with Crippen LogP contribution in [0.5, 0.6) is 0 Å². The van der Waals surface area contributed by atoms with E-state index < -0.39 is 0 Å². The van der Waals surface area contributed by atoms with Gasteiger partial charge < -0.3 is 9.64 Å². The SMILES string of the molecule is CCCCN(CC)CCCCOC. The molecule has 0 spiro atoms. The van der Waals surface area contributed by atoms with Gasteiger partial charge in [-0.1, -0.05) is 20.3 Å². The smallest absolute Gasteiger partial charge is 0.0462 e. The minimum atomic E-state index is 0.908. The van der Waals surface area contributed by atoms with Crippen molar-refractivity contribution in [1.82, 2.24) is 4.90 Å². The second-order valence-electron chi connectivity index (χ2n) is 3.49. The van der Waals surface area contributed by atoms with E-state index in [4.69, 9.17) is 4.74 Å². The Labute approximate surface area is 83.3 Å². The third-order valence-corrected chi connectivity index (χ3v) is 2.35. The van der Waals surface area contributed by atoms with Gasteiger partial charge in [-0.15, -0.1) is 0 Å². The van der Waals surface area contributed by atoms with Crippen LogP contribution in [-0.4, -0.2) is 38.3 Å². The van der Waals surface area contributed by atoms with Gasteiger partial charge in [0, 0.05) is 13.7 Å². The van der Waals surface area contributed by atoms with Crippen LogP contribution in [0.4, 0.5) is 0 Å². The summed E-state index contributed by atoms with van der Waals surface area (Å²) in [5.74, 6) is 0. The predicted molar refractivity (Wildman–Crippen MR) is 58.1 cm³/mol. The van der Waals surface area contributed by atoms with Crippen molar-refractivity contribution in [3.05, 3.63) is 0 Å². The number of methoxy groups -OCH3 is 1. The molecule has 0 atom stereocenters. The molecule has 0 aromatic carbocycles. The van der Waals surface area contributed by atoms with E-state index >= 15 is 0 Å². The average molecular weight is 187 g/mol. The van der Waals surface area contributed by atoms with Gasteiger partial charge in [-0.2, -0.15) is 0 Å². The lowest BCUT2D eigenvalue weighted by Crippen LogP contribution is -2.25. The van der Waals surface area contributed by atoms with Crippen LogP contribution in [-0.2, 0) is 4.74 Å². The minimum Gasteiger partial charge on any atom is -0.385 e. The Morgan fingerprint density at radius 1 is 1.00 bits per heavy atom. The maximum Gasteiger partial charge on any atom is 0.0462 e. The van der Waals surface area contributed by atoms with Crippen molar-refractivity contribution in [1.29, 1.82) is 0 Å². The molecule has 0 bridgehead atoms. The molecule has 0 fully saturated rings. The van der Waals surface area contributed by atoms with Gasteiger partial charge in [0.05, 0.1) is 0 Å². The highest BCUT2D eigenvalue weighted by molar-refractivity contribution is 4.55. The topological polar surface area (TPSA) is 12.5 Å². The number of hydrogen-bond acceptors (Lipinski definition) is 2. The molecule has 0 unspecified atom stereocenters. The Morgan fingerprint density at radius 3 is 2.23 bits per heavy atom. The molecule has 0 heterocycles. The molecule has 0 aromatic heterocycles. The Morgan fingerprint density at radius 2 is 1.69 bits per heavy atom. The lowest BCUT2D eigenvalue weighted by atomic mass is 10.2. The standard InChI is InChI=1S/C11H25NO/c1-4-6-9-12(5-2)10-7-8-11-13-3/h4-11H2,1-3H3. The minimum absolute atomic E-state index is 0.908. The van der Waals surface area contributed by atoms with Crippen molar-refractivity contribution in [2.45, 2.75) is 39.5 Å². The quantitative estimate of drug-likeness (QED) is 0.514. The third-order valence-electron chi connectivity index (χ3n) is 2.35. The number of unbranched alkanes of at least 4 members (excludes halogenated alkanes) is 2. The number of ether oxygens (including phenoxy) is 1. The summed E-state index contributed by atoms with van der Waals surface area (Å²) in [6.45, 7) is 9.09. The van der Waals surface area contributed by atoms with Gasteiger partial charge in [-0.25, -0.2) is 0 Å².